The summed E-state index contributed by atoms with van der Waals surface area (Å²) in [7, 11) is 0. The number of rotatable bonds is 4. The number of thiazole rings is 1. The first-order valence-corrected chi connectivity index (χ1v) is 10.2. The molecule has 0 saturated heterocycles. The molecule has 0 unspecified atom stereocenters. The highest BCUT2D eigenvalue weighted by atomic mass is 127. The SMILES string of the molecule is N#C/C(=C\c1ccc(-c2ccccc2)o1)c1nc(-c2ccc(I)cc2)cs1. The zero-order valence-electron chi connectivity index (χ0n) is 14.1. The van der Waals surface area contributed by atoms with Crippen LogP contribution in [0.5, 0.6) is 0 Å². The van der Waals surface area contributed by atoms with Gasteiger partial charge in [0.25, 0.3) is 0 Å². The average molecular weight is 480 g/mol. The third-order valence-electron chi connectivity index (χ3n) is 3.97. The number of nitriles is 1. The van der Waals surface area contributed by atoms with Crippen molar-refractivity contribution in [2.24, 2.45) is 0 Å². The highest BCUT2D eigenvalue weighted by molar-refractivity contribution is 14.1. The van der Waals surface area contributed by atoms with Crippen molar-refractivity contribution in [3.63, 3.8) is 0 Å². The molecule has 0 atom stereocenters. The number of hydrogen-bond acceptors (Lipinski definition) is 4. The molecule has 2 aromatic heterocycles. The van der Waals surface area contributed by atoms with Crippen LogP contribution in [0.3, 0.4) is 0 Å². The molecule has 4 rings (SSSR count). The van der Waals surface area contributed by atoms with Gasteiger partial charge in [0, 0.05) is 26.2 Å². The lowest BCUT2D eigenvalue weighted by molar-refractivity contribution is 0.572. The van der Waals surface area contributed by atoms with E-state index in [9.17, 15) is 5.26 Å². The van der Waals surface area contributed by atoms with E-state index in [1.54, 1.807) is 6.08 Å². The van der Waals surface area contributed by atoms with Gasteiger partial charge < -0.3 is 4.42 Å². The van der Waals surface area contributed by atoms with Crippen LogP contribution >= 0.6 is 33.9 Å². The third kappa shape index (κ3) is 4.02. The Balaban J connectivity index is 1.62. The quantitative estimate of drug-likeness (QED) is 0.240. The number of halogens is 1. The van der Waals surface area contributed by atoms with Crippen LogP contribution in [0.25, 0.3) is 34.2 Å². The van der Waals surface area contributed by atoms with Crippen molar-refractivity contribution in [1.29, 1.82) is 5.26 Å². The van der Waals surface area contributed by atoms with Gasteiger partial charge in [0.15, 0.2) is 0 Å². The Morgan fingerprint density at radius 3 is 2.52 bits per heavy atom. The molecule has 0 fully saturated rings. The number of nitrogens with zero attached hydrogens (tertiary/aromatic N) is 2. The summed E-state index contributed by atoms with van der Waals surface area (Å²) in [5.74, 6) is 1.41. The zero-order chi connectivity index (χ0) is 18.6. The molecule has 5 heteroatoms. The summed E-state index contributed by atoms with van der Waals surface area (Å²) in [5, 5.41) is 12.2. The molecule has 27 heavy (non-hydrogen) atoms. The lowest BCUT2D eigenvalue weighted by Gasteiger charge is -1.97. The van der Waals surface area contributed by atoms with Crippen LogP contribution in [-0.2, 0) is 0 Å². The molecular weight excluding hydrogens is 467 g/mol. The Bertz CT molecular complexity index is 1140. The molecule has 0 spiro atoms. The fraction of sp³-hybridized carbons (Fsp3) is 0. The molecule has 2 aromatic carbocycles. The summed E-state index contributed by atoms with van der Waals surface area (Å²) in [6.07, 6.45) is 1.74. The molecule has 0 bridgehead atoms. The van der Waals surface area contributed by atoms with E-state index in [0.717, 1.165) is 22.6 Å². The lowest BCUT2D eigenvalue weighted by atomic mass is 10.2. The molecule has 0 saturated carbocycles. The van der Waals surface area contributed by atoms with Gasteiger partial charge in [0.2, 0.25) is 0 Å². The first-order chi connectivity index (χ1) is 13.2. The van der Waals surface area contributed by atoms with Crippen LogP contribution in [0.1, 0.15) is 10.8 Å². The predicted octanol–water partition coefficient (Wildman–Crippen LogP) is 6.74. The maximum absolute atomic E-state index is 9.59. The van der Waals surface area contributed by atoms with Gasteiger partial charge in [-0.2, -0.15) is 5.26 Å². The summed E-state index contributed by atoms with van der Waals surface area (Å²) < 4.78 is 7.05. The Kier molecular flexibility index (Phi) is 5.19. The van der Waals surface area contributed by atoms with E-state index in [1.165, 1.54) is 14.9 Å². The number of hydrogen-bond donors (Lipinski definition) is 0. The van der Waals surface area contributed by atoms with Crippen LogP contribution < -0.4 is 0 Å². The Morgan fingerprint density at radius 1 is 1.00 bits per heavy atom. The number of aromatic nitrogens is 1. The van der Waals surface area contributed by atoms with Crippen molar-refractivity contribution in [2.75, 3.05) is 0 Å². The maximum atomic E-state index is 9.59. The van der Waals surface area contributed by atoms with E-state index in [2.05, 4.69) is 33.6 Å². The van der Waals surface area contributed by atoms with E-state index in [-0.39, 0.29) is 0 Å². The third-order valence-corrected chi connectivity index (χ3v) is 5.56. The highest BCUT2D eigenvalue weighted by Crippen LogP contribution is 2.29. The first-order valence-electron chi connectivity index (χ1n) is 8.22. The first kappa shape index (κ1) is 17.7. The minimum atomic E-state index is 0.491. The van der Waals surface area contributed by atoms with Crippen LogP contribution in [0.15, 0.2) is 76.5 Å². The molecule has 0 N–H and O–H groups in total. The molecule has 0 aliphatic carbocycles. The van der Waals surface area contributed by atoms with E-state index >= 15 is 0 Å². The molecule has 0 radical (unpaired) electrons. The van der Waals surface area contributed by atoms with E-state index in [1.807, 2.05) is 72.1 Å². The van der Waals surface area contributed by atoms with Gasteiger partial charge in [-0.25, -0.2) is 4.98 Å². The van der Waals surface area contributed by atoms with Crippen molar-refractivity contribution in [3.05, 3.63) is 86.4 Å². The largest absolute Gasteiger partial charge is 0.457 e. The summed E-state index contributed by atoms with van der Waals surface area (Å²) >= 11 is 3.73. The normalized spacial score (nSPS) is 11.3. The molecule has 3 nitrogen and oxygen atoms in total. The van der Waals surface area contributed by atoms with Crippen LogP contribution in [0.4, 0.5) is 0 Å². The predicted molar refractivity (Wildman–Crippen MR) is 118 cm³/mol. The molecule has 130 valence electrons. The molecule has 0 aliphatic rings. The van der Waals surface area contributed by atoms with Gasteiger partial charge in [-0.05, 0) is 46.9 Å². The van der Waals surface area contributed by atoms with Gasteiger partial charge in [-0.1, -0.05) is 42.5 Å². The second kappa shape index (κ2) is 7.91. The Morgan fingerprint density at radius 2 is 1.78 bits per heavy atom. The average Bonchev–Trinajstić information content (AvgIpc) is 3.37. The monoisotopic (exact) mass is 480 g/mol. The topological polar surface area (TPSA) is 49.8 Å². The summed E-state index contributed by atoms with van der Waals surface area (Å²) in [4.78, 5) is 4.63. The fourth-order valence-electron chi connectivity index (χ4n) is 2.62. The summed E-state index contributed by atoms with van der Waals surface area (Å²) in [5.41, 5.74) is 3.41. The number of furan rings is 1. The van der Waals surface area contributed by atoms with Crippen LogP contribution in [-0.4, -0.2) is 4.98 Å². The van der Waals surface area contributed by atoms with E-state index in [4.69, 9.17) is 4.42 Å². The van der Waals surface area contributed by atoms with Crippen molar-refractivity contribution in [1.82, 2.24) is 4.98 Å². The van der Waals surface area contributed by atoms with Crippen molar-refractivity contribution >= 4 is 45.6 Å². The molecule has 4 aromatic rings. The standard InChI is InChI=1S/C22H13IN2OS/c23-18-8-6-15(7-9-18)20-14-27-22(25-20)17(13-24)12-19-10-11-21(26-19)16-4-2-1-3-5-16/h1-12,14H/b17-12+. The van der Waals surface area contributed by atoms with Crippen molar-refractivity contribution in [3.8, 4) is 28.7 Å². The van der Waals surface area contributed by atoms with Crippen molar-refractivity contribution in [2.45, 2.75) is 0 Å². The smallest absolute Gasteiger partial charge is 0.134 e. The molecule has 0 amide bonds. The minimum Gasteiger partial charge on any atom is -0.457 e. The van der Waals surface area contributed by atoms with E-state index < -0.39 is 0 Å². The fourth-order valence-corrected chi connectivity index (χ4v) is 3.78. The number of allylic oxidation sites excluding steroid dienone is 1. The van der Waals surface area contributed by atoms with Gasteiger partial charge in [-0.15, -0.1) is 11.3 Å². The van der Waals surface area contributed by atoms with E-state index in [0.29, 0.717) is 16.3 Å². The van der Waals surface area contributed by atoms with Gasteiger partial charge in [0.1, 0.15) is 22.6 Å². The molecule has 2 heterocycles. The Labute approximate surface area is 174 Å². The van der Waals surface area contributed by atoms with Gasteiger partial charge in [-0.3, -0.25) is 0 Å². The summed E-state index contributed by atoms with van der Waals surface area (Å²) in [6.45, 7) is 0. The zero-order valence-corrected chi connectivity index (χ0v) is 17.1. The van der Waals surface area contributed by atoms with Crippen LogP contribution in [0, 0.1) is 14.9 Å². The van der Waals surface area contributed by atoms with Gasteiger partial charge in [0.05, 0.1) is 11.3 Å². The molecule has 0 aliphatic heterocycles. The molecular formula is C22H13IN2OS. The van der Waals surface area contributed by atoms with Crippen molar-refractivity contribution < 1.29 is 4.42 Å². The highest BCUT2D eigenvalue weighted by Gasteiger charge is 2.11. The van der Waals surface area contributed by atoms with Gasteiger partial charge >= 0.3 is 0 Å². The second-order valence-electron chi connectivity index (χ2n) is 5.78. The van der Waals surface area contributed by atoms with Crippen LogP contribution in [0.2, 0.25) is 0 Å². The second-order valence-corrected chi connectivity index (χ2v) is 7.89. The number of benzene rings is 2. The lowest BCUT2D eigenvalue weighted by Crippen LogP contribution is -1.82. The Hall–Kier alpha value is -2.69. The summed E-state index contributed by atoms with van der Waals surface area (Å²) in [6, 6.07) is 24.1. The minimum absolute atomic E-state index is 0.491. The maximum Gasteiger partial charge on any atom is 0.134 e.